The number of ether oxygens (including phenoxy) is 1. The van der Waals surface area contributed by atoms with Crippen LogP contribution in [0.5, 0.6) is 0 Å². The van der Waals surface area contributed by atoms with Gasteiger partial charge in [-0.1, -0.05) is 48.5 Å². The summed E-state index contributed by atoms with van der Waals surface area (Å²) in [4.78, 5) is 8.75. The zero-order valence-corrected chi connectivity index (χ0v) is 16.5. The summed E-state index contributed by atoms with van der Waals surface area (Å²) in [6.07, 6.45) is 3.01. The van der Waals surface area contributed by atoms with E-state index in [2.05, 4.69) is 10.1 Å². The van der Waals surface area contributed by atoms with E-state index in [0.717, 1.165) is 16.7 Å². The van der Waals surface area contributed by atoms with Crippen molar-refractivity contribution in [1.29, 1.82) is 0 Å². The molecule has 0 saturated heterocycles. The number of rotatable bonds is 5. The van der Waals surface area contributed by atoms with Crippen molar-refractivity contribution in [3.8, 4) is 11.1 Å². The average molecular weight is 416 g/mol. The number of hydrogen-bond donors (Lipinski definition) is 0. The molecule has 0 radical (unpaired) electrons. The maximum Gasteiger partial charge on any atom is 0.220 e. The molecule has 2 heterocycles. The molecule has 154 valence electrons. The quantitative estimate of drug-likeness (QED) is 0.478. The standard InChI is InChI=1S/C24H18F2N4O/c25-20-9-7-19(8-10-20)24(13-30-16-27-15-28-30)14-31-23(29-24)21-11-6-18(12-22(21)26)17-4-2-1-3-5-17/h1-12,15-16H,13-14H2. The Hall–Kier alpha value is -3.87. The van der Waals surface area contributed by atoms with E-state index in [1.165, 1.54) is 24.5 Å². The summed E-state index contributed by atoms with van der Waals surface area (Å²) in [6.45, 7) is 0.500. The SMILES string of the molecule is Fc1ccc(C2(Cn3cncn3)COC(c3ccc(-c4ccccc4)cc3F)=N2)cc1. The van der Waals surface area contributed by atoms with Crippen LogP contribution in [-0.4, -0.2) is 27.3 Å². The number of halogens is 2. The Morgan fingerprint density at radius 3 is 2.45 bits per heavy atom. The summed E-state index contributed by atoms with van der Waals surface area (Å²) in [7, 11) is 0. The molecule has 1 atom stereocenters. The molecule has 1 aromatic heterocycles. The Bertz CT molecular complexity index is 1220. The van der Waals surface area contributed by atoms with Crippen LogP contribution in [0.3, 0.4) is 0 Å². The van der Waals surface area contributed by atoms with Crippen molar-refractivity contribution in [2.45, 2.75) is 12.1 Å². The molecule has 5 rings (SSSR count). The van der Waals surface area contributed by atoms with E-state index in [0.29, 0.717) is 6.54 Å². The first-order valence-corrected chi connectivity index (χ1v) is 9.79. The predicted octanol–water partition coefficient (Wildman–Crippen LogP) is 4.60. The second-order valence-corrected chi connectivity index (χ2v) is 7.40. The van der Waals surface area contributed by atoms with Crippen LogP contribution in [0.1, 0.15) is 11.1 Å². The van der Waals surface area contributed by atoms with Gasteiger partial charge in [-0.3, -0.25) is 4.68 Å². The highest BCUT2D eigenvalue weighted by Gasteiger charge is 2.40. The fourth-order valence-corrected chi connectivity index (χ4v) is 3.75. The summed E-state index contributed by atoms with van der Waals surface area (Å²) in [5.74, 6) is -0.553. The average Bonchev–Trinajstić information content (AvgIpc) is 3.46. The van der Waals surface area contributed by atoms with E-state index < -0.39 is 11.4 Å². The van der Waals surface area contributed by atoms with Crippen LogP contribution in [-0.2, 0) is 16.8 Å². The van der Waals surface area contributed by atoms with E-state index in [-0.39, 0.29) is 23.9 Å². The molecule has 4 aromatic rings. The maximum atomic E-state index is 15.0. The first kappa shape index (κ1) is 19.1. The van der Waals surface area contributed by atoms with Gasteiger partial charge in [0.2, 0.25) is 5.90 Å². The lowest BCUT2D eigenvalue weighted by Crippen LogP contribution is -2.31. The molecule has 1 aliphatic rings. The van der Waals surface area contributed by atoms with Gasteiger partial charge < -0.3 is 4.74 Å². The van der Waals surface area contributed by atoms with Crippen LogP contribution in [0, 0.1) is 11.6 Å². The van der Waals surface area contributed by atoms with Gasteiger partial charge in [0, 0.05) is 0 Å². The predicted molar refractivity (Wildman–Crippen MR) is 112 cm³/mol. The summed E-state index contributed by atoms with van der Waals surface area (Å²) < 4.78 is 36.0. The molecular formula is C24H18F2N4O. The molecular weight excluding hydrogens is 398 g/mol. The van der Waals surface area contributed by atoms with E-state index in [1.54, 1.807) is 29.2 Å². The monoisotopic (exact) mass is 416 g/mol. The number of aliphatic imine (C=N–C) groups is 1. The Labute approximate surface area is 177 Å². The molecule has 1 aliphatic heterocycles. The van der Waals surface area contributed by atoms with Crippen LogP contribution in [0.25, 0.3) is 11.1 Å². The van der Waals surface area contributed by atoms with Crippen LogP contribution in [0.4, 0.5) is 8.78 Å². The van der Waals surface area contributed by atoms with Crippen molar-refractivity contribution in [3.63, 3.8) is 0 Å². The number of benzene rings is 3. The van der Waals surface area contributed by atoms with Gasteiger partial charge in [-0.05, 0) is 41.0 Å². The Morgan fingerprint density at radius 2 is 1.74 bits per heavy atom. The second-order valence-electron chi connectivity index (χ2n) is 7.40. The summed E-state index contributed by atoms with van der Waals surface area (Å²) in [6, 6.07) is 20.7. The van der Waals surface area contributed by atoms with E-state index in [1.807, 2.05) is 36.4 Å². The van der Waals surface area contributed by atoms with Crippen LogP contribution >= 0.6 is 0 Å². The van der Waals surface area contributed by atoms with Crippen molar-refractivity contribution in [2.75, 3.05) is 6.61 Å². The molecule has 0 bridgehead atoms. The maximum absolute atomic E-state index is 15.0. The third kappa shape index (κ3) is 3.70. The topological polar surface area (TPSA) is 52.3 Å². The summed E-state index contributed by atoms with van der Waals surface area (Å²) >= 11 is 0. The fraction of sp³-hybridized carbons (Fsp3) is 0.125. The van der Waals surface area contributed by atoms with Crippen LogP contribution in [0.15, 0.2) is 90.4 Å². The van der Waals surface area contributed by atoms with Crippen LogP contribution < -0.4 is 0 Å². The minimum atomic E-state index is -0.874. The Balaban J connectivity index is 1.54. The van der Waals surface area contributed by atoms with Gasteiger partial charge in [0.05, 0.1) is 12.1 Å². The highest BCUT2D eigenvalue weighted by Crippen LogP contribution is 2.35. The minimum Gasteiger partial charge on any atom is -0.474 e. The van der Waals surface area contributed by atoms with Gasteiger partial charge >= 0.3 is 0 Å². The highest BCUT2D eigenvalue weighted by atomic mass is 19.1. The fourth-order valence-electron chi connectivity index (χ4n) is 3.75. The Morgan fingerprint density at radius 1 is 0.935 bits per heavy atom. The van der Waals surface area contributed by atoms with E-state index >= 15 is 4.39 Å². The van der Waals surface area contributed by atoms with Crippen LogP contribution in [0.2, 0.25) is 0 Å². The normalized spacial score (nSPS) is 17.9. The molecule has 7 heteroatoms. The molecule has 0 aliphatic carbocycles. The number of nitrogens with zero attached hydrogens (tertiary/aromatic N) is 4. The van der Waals surface area contributed by atoms with Gasteiger partial charge in [-0.25, -0.2) is 18.8 Å². The molecule has 0 N–H and O–H groups in total. The largest absolute Gasteiger partial charge is 0.474 e. The first-order valence-electron chi connectivity index (χ1n) is 9.79. The second kappa shape index (κ2) is 7.75. The third-order valence-corrected chi connectivity index (χ3v) is 5.34. The molecule has 0 saturated carbocycles. The Kier molecular flexibility index (Phi) is 4.78. The highest BCUT2D eigenvalue weighted by molar-refractivity contribution is 5.96. The molecule has 0 amide bonds. The third-order valence-electron chi connectivity index (χ3n) is 5.34. The molecule has 5 nitrogen and oxygen atoms in total. The lowest BCUT2D eigenvalue weighted by Gasteiger charge is -2.24. The van der Waals surface area contributed by atoms with Gasteiger partial charge in [0.15, 0.2) is 0 Å². The summed E-state index contributed by atoms with van der Waals surface area (Å²) in [5, 5.41) is 4.16. The number of hydrogen-bond acceptors (Lipinski definition) is 4. The first-order chi connectivity index (χ1) is 15.1. The lowest BCUT2D eigenvalue weighted by molar-refractivity contribution is 0.230. The van der Waals surface area contributed by atoms with Crippen molar-refractivity contribution in [2.24, 2.45) is 4.99 Å². The van der Waals surface area contributed by atoms with Crippen molar-refractivity contribution >= 4 is 5.90 Å². The van der Waals surface area contributed by atoms with Crippen molar-refractivity contribution in [1.82, 2.24) is 14.8 Å². The van der Waals surface area contributed by atoms with E-state index in [4.69, 9.17) is 9.73 Å². The number of aromatic nitrogens is 3. The molecule has 31 heavy (non-hydrogen) atoms. The van der Waals surface area contributed by atoms with Gasteiger partial charge in [-0.2, -0.15) is 5.10 Å². The lowest BCUT2D eigenvalue weighted by atomic mass is 9.91. The summed E-state index contributed by atoms with van der Waals surface area (Å²) in [5.41, 5.74) is 1.85. The van der Waals surface area contributed by atoms with Gasteiger partial charge in [-0.15, -0.1) is 0 Å². The van der Waals surface area contributed by atoms with Crippen molar-refractivity contribution < 1.29 is 13.5 Å². The van der Waals surface area contributed by atoms with Crippen molar-refractivity contribution in [3.05, 3.63) is 108 Å². The zero-order chi connectivity index (χ0) is 21.3. The van der Waals surface area contributed by atoms with Gasteiger partial charge in [0.25, 0.3) is 0 Å². The van der Waals surface area contributed by atoms with E-state index in [9.17, 15) is 4.39 Å². The zero-order valence-electron chi connectivity index (χ0n) is 16.5. The molecule has 0 fully saturated rings. The smallest absolute Gasteiger partial charge is 0.220 e. The molecule has 3 aromatic carbocycles. The molecule has 1 unspecified atom stereocenters. The minimum absolute atomic E-state index is 0.174. The molecule has 0 spiro atoms. The van der Waals surface area contributed by atoms with Gasteiger partial charge in [0.1, 0.15) is 36.4 Å².